The number of hydrogen-bond donors (Lipinski definition) is 2. The van der Waals surface area contributed by atoms with Crippen molar-refractivity contribution in [3.8, 4) is 0 Å². The summed E-state index contributed by atoms with van der Waals surface area (Å²) in [7, 11) is 0. The Morgan fingerprint density at radius 1 is 1.08 bits per heavy atom. The number of anilines is 2. The van der Waals surface area contributed by atoms with Crippen molar-refractivity contribution in [3.05, 3.63) is 59.9 Å². The zero-order valence-corrected chi connectivity index (χ0v) is 14.7. The van der Waals surface area contributed by atoms with Crippen molar-refractivity contribution in [3.63, 3.8) is 0 Å². The van der Waals surface area contributed by atoms with Crippen LogP contribution in [0.1, 0.15) is 25.3 Å². The fourth-order valence-electron chi connectivity index (χ4n) is 2.86. The van der Waals surface area contributed by atoms with Crippen molar-refractivity contribution in [1.29, 1.82) is 0 Å². The van der Waals surface area contributed by atoms with E-state index in [1.807, 2.05) is 42.5 Å². The standard InChI is InChI=1S/C20H22N4O2/c1-15(25)22-18(13-16-7-3-2-4-8-16)20(26)23-17-9-10-19(21-14-17)24-11-5-6-12-24/h2-4,7-10,13-14H,5-6,11-12H2,1H3,(H,22,25)(H,23,26)/b18-13+. The highest BCUT2D eigenvalue weighted by Crippen LogP contribution is 2.19. The molecule has 0 radical (unpaired) electrons. The maximum absolute atomic E-state index is 12.6. The van der Waals surface area contributed by atoms with Crippen molar-refractivity contribution < 1.29 is 9.59 Å². The number of aromatic nitrogens is 1. The summed E-state index contributed by atoms with van der Waals surface area (Å²) >= 11 is 0. The molecule has 1 saturated heterocycles. The minimum absolute atomic E-state index is 0.187. The van der Waals surface area contributed by atoms with Crippen LogP contribution >= 0.6 is 0 Å². The van der Waals surface area contributed by atoms with Gasteiger partial charge in [-0.1, -0.05) is 30.3 Å². The van der Waals surface area contributed by atoms with E-state index < -0.39 is 0 Å². The van der Waals surface area contributed by atoms with E-state index >= 15 is 0 Å². The van der Waals surface area contributed by atoms with Crippen LogP contribution < -0.4 is 15.5 Å². The first-order valence-corrected chi connectivity index (χ1v) is 8.68. The molecule has 6 nitrogen and oxygen atoms in total. The molecule has 2 aromatic rings. The van der Waals surface area contributed by atoms with Gasteiger partial charge in [0.05, 0.1) is 11.9 Å². The number of carbonyl (C=O) groups is 2. The first-order chi connectivity index (χ1) is 12.6. The number of nitrogens with zero attached hydrogens (tertiary/aromatic N) is 2. The van der Waals surface area contributed by atoms with E-state index in [-0.39, 0.29) is 17.5 Å². The topological polar surface area (TPSA) is 74.3 Å². The highest BCUT2D eigenvalue weighted by molar-refractivity contribution is 6.08. The van der Waals surface area contributed by atoms with Crippen LogP contribution in [0.25, 0.3) is 6.08 Å². The summed E-state index contributed by atoms with van der Waals surface area (Å²) in [5.41, 5.74) is 1.60. The van der Waals surface area contributed by atoms with E-state index in [4.69, 9.17) is 0 Å². The molecule has 3 rings (SSSR count). The van der Waals surface area contributed by atoms with Crippen molar-refractivity contribution in [2.24, 2.45) is 0 Å². The maximum atomic E-state index is 12.6. The van der Waals surface area contributed by atoms with E-state index in [1.54, 1.807) is 12.3 Å². The van der Waals surface area contributed by atoms with Gasteiger partial charge >= 0.3 is 0 Å². The predicted molar refractivity (Wildman–Crippen MR) is 103 cm³/mol. The molecule has 2 heterocycles. The summed E-state index contributed by atoms with van der Waals surface area (Å²) in [6, 6.07) is 13.1. The molecule has 26 heavy (non-hydrogen) atoms. The van der Waals surface area contributed by atoms with Gasteiger partial charge in [-0.2, -0.15) is 0 Å². The van der Waals surface area contributed by atoms with E-state index in [0.717, 1.165) is 24.5 Å². The van der Waals surface area contributed by atoms with Gasteiger partial charge in [-0.3, -0.25) is 9.59 Å². The molecule has 2 N–H and O–H groups in total. The summed E-state index contributed by atoms with van der Waals surface area (Å²) < 4.78 is 0. The number of pyridine rings is 1. The molecular weight excluding hydrogens is 328 g/mol. The lowest BCUT2D eigenvalue weighted by Gasteiger charge is -2.16. The Bertz CT molecular complexity index is 794. The van der Waals surface area contributed by atoms with Gasteiger partial charge in [-0.15, -0.1) is 0 Å². The van der Waals surface area contributed by atoms with Gasteiger partial charge in [-0.25, -0.2) is 4.98 Å². The molecule has 1 aromatic carbocycles. The molecule has 134 valence electrons. The zero-order chi connectivity index (χ0) is 18.4. The van der Waals surface area contributed by atoms with Crippen LogP contribution in [0, 0.1) is 0 Å². The number of carbonyl (C=O) groups excluding carboxylic acids is 2. The minimum atomic E-state index is -0.389. The van der Waals surface area contributed by atoms with Gasteiger partial charge in [-0.05, 0) is 36.6 Å². The van der Waals surface area contributed by atoms with E-state index in [0.29, 0.717) is 5.69 Å². The Balaban J connectivity index is 1.72. The number of rotatable bonds is 5. The molecule has 1 fully saturated rings. The van der Waals surface area contributed by atoms with Crippen LogP contribution in [0.15, 0.2) is 54.4 Å². The Kier molecular flexibility index (Phi) is 5.63. The highest BCUT2D eigenvalue weighted by atomic mass is 16.2. The van der Waals surface area contributed by atoms with Crippen LogP contribution in [-0.4, -0.2) is 29.9 Å². The Morgan fingerprint density at radius 3 is 2.42 bits per heavy atom. The third-order valence-electron chi connectivity index (χ3n) is 4.10. The van der Waals surface area contributed by atoms with Gasteiger partial charge in [0.2, 0.25) is 5.91 Å². The summed E-state index contributed by atoms with van der Waals surface area (Å²) in [6.45, 7) is 3.41. The Morgan fingerprint density at radius 2 is 1.81 bits per heavy atom. The summed E-state index contributed by atoms with van der Waals surface area (Å²) in [6.07, 6.45) is 5.65. The van der Waals surface area contributed by atoms with Gasteiger partial charge in [0.25, 0.3) is 5.91 Å². The molecule has 0 atom stereocenters. The van der Waals surface area contributed by atoms with Crippen molar-refractivity contribution in [1.82, 2.24) is 10.3 Å². The Hall–Kier alpha value is -3.15. The molecule has 0 spiro atoms. The number of amides is 2. The van der Waals surface area contributed by atoms with Gasteiger partial charge < -0.3 is 15.5 Å². The molecule has 1 aliphatic rings. The smallest absolute Gasteiger partial charge is 0.272 e. The van der Waals surface area contributed by atoms with Crippen molar-refractivity contribution in [2.75, 3.05) is 23.3 Å². The number of nitrogens with one attached hydrogen (secondary N) is 2. The molecule has 1 aliphatic heterocycles. The molecule has 6 heteroatoms. The number of hydrogen-bond acceptors (Lipinski definition) is 4. The second-order valence-electron chi connectivity index (χ2n) is 6.20. The van der Waals surface area contributed by atoms with Crippen LogP contribution in [0.3, 0.4) is 0 Å². The van der Waals surface area contributed by atoms with E-state index in [1.165, 1.54) is 19.8 Å². The largest absolute Gasteiger partial charge is 0.357 e. The quantitative estimate of drug-likeness (QED) is 0.813. The third kappa shape index (κ3) is 4.69. The average molecular weight is 350 g/mol. The predicted octanol–water partition coefficient (Wildman–Crippen LogP) is 2.80. The lowest BCUT2D eigenvalue weighted by Crippen LogP contribution is -2.29. The first-order valence-electron chi connectivity index (χ1n) is 8.68. The zero-order valence-electron chi connectivity index (χ0n) is 14.7. The molecule has 1 aromatic heterocycles. The molecule has 2 amide bonds. The second-order valence-corrected chi connectivity index (χ2v) is 6.20. The Labute approximate surface area is 152 Å². The van der Waals surface area contributed by atoms with Crippen LogP contribution in [0.4, 0.5) is 11.5 Å². The van der Waals surface area contributed by atoms with E-state index in [9.17, 15) is 9.59 Å². The van der Waals surface area contributed by atoms with Crippen molar-refractivity contribution >= 4 is 29.4 Å². The lowest BCUT2D eigenvalue weighted by molar-refractivity contribution is -0.120. The van der Waals surface area contributed by atoms with Crippen LogP contribution in [0.5, 0.6) is 0 Å². The monoisotopic (exact) mass is 350 g/mol. The van der Waals surface area contributed by atoms with Gasteiger partial charge in [0.1, 0.15) is 11.5 Å². The fourth-order valence-corrected chi connectivity index (χ4v) is 2.86. The molecule has 0 unspecified atom stereocenters. The number of benzene rings is 1. The molecule has 0 bridgehead atoms. The highest BCUT2D eigenvalue weighted by Gasteiger charge is 2.15. The van der Waals surface area contributed by atoms with Gasteiger partial charge in [0.15, 0.2) is 0 Å². The van der Waals surface area contributed by atoms with Crippen molar-refractivity contribution in [2.45, 2.75) is 19.8 Å². The molecule has 0 saturated carbocycles. The maximum Gasteiger partial charge on any atom is 0.272 e. The summed E-state index contributed by atoms with van der Waals surface area (Å²) in [4.78, 5) is 30.7. The third-order valence-corrected chi connectivity index (χ3v) is 4.10. The SMILES string of the molecule is CC(=O)N/C(=C/c1ccccc1)C(=O)Nc1ccc(N2CCCC2)nc1. The van der Waals surface area contributed by atoms with Crippen LogP contribution in [-0.2, 0) is 9.59 Å². The van der Waals surface area contributed by atoms with E-state index in [2.05, 4.69) is 20.5 Å². The van der Waals surface area contributed by atoms with Crippen LogP contribution in [0.2, 0.25) is 0 Å². The first kappa shape index (κ1) is 17.7. The second kappa shape index (κ2) is 8.29. The lowest BCUT2D eigenvalue weighted by atomic mass is 10.2. The molecule has 0 aliphatic carbocycles. The molecular formula is C20H22N4O2. The normalized spacial score (nSPS) is 14.2. The van der Waals surface area contributed by atoms with Gasteiger partial charge in [0, 0.05) is 20.0 Å². The summed E-state index contributed by atoms with van der Waals surface area (Å²) in [5.74, 6) is 0.229. The fraction of sp³-hybridized carbons (Fsp3) is 0.250. The summed E-state index contributed by atoms with van der Waals surface area (Å²) in [5, 5.41) is 5.37. The average Bonchev–Trinajstić information content (AvgIpc) is 3.17. The minimum Gasteiger partial charge on any atom is -0.357 e.